The monoisotopic (exact) mass is 177 g/mol. The van der Waals surface area contributed by atoms with Crippen LogP contribution in [0.1, 0.15) is 26.8 Å². The SMILES string of the molecule is CC=CO[B]c1ccnn1C(C)C. The molecule has 4 heteroatoms. The van der Waals surface area contributed by atoms with Crippen LogP contribution in [0.25, 0.3) is 0 Å². The van der Waals surface area contributed by atoms with Gasteiger partial charge in [0.05, 0.1) is 6.26 Å². The largest absolute Gasteiger partial charge is 0.562 e. The zero-order valence-electron chi connectivity index (χ0n) is 8.27. The van der Waals surface area contributed by atoms with Gasteiger partial charge in [-0.2, -0.15) is 5.10 Å². The highest BCUT2D eigenvalue weighted by Crippen LogP contribution is 1.97. The van der Waals surface area contributed by atoms with E-state index in [1.54, 1.807) is 19.9 Å². The van der Waals surface area contributed by atoms with E-state index in [1.807, 2.05) is 23.7 Å². The van der Waals surface area contributed by atoms with Crippen LogP contribution in [-0.2, 0) is 4.65 Å². The van der Waals surface area contributed by atoms with Crippen LogP contribution in [-0.4, -0.2) is 17.3 Å². The molecule has 1 radical (unpaired) electrons. The summed E-state index contributed by atoms with van der Waals surface area (Å²) in [5.41, 5.74) is 0.980. The minimum Gasteiger partial charge on any atom is -0.562 e. The molecule has 1 rings (SSSR count). The highest BCUT2D eigenvalue weighted by atomic mass is 16.4. The molecule has 0 aromatic carbocycles. The van der Waals surface area contributed by atoms with Crippen molar-refractivity contribution in [1.29, 1.82) is 0 Å². The third-order valence-corrected chi connectivity index (χ3v) is 1.59. The molecule has 0 amide bonds. The second-order valence-electron chi connectivity index (χ2n) is 3.02. The van der Waals surface area contributed by atoms with Crippen molar-refractivity contribution in [2.75, 3.05) is 0 Å². The second-order valence-corrected chi connectivity index (χ2v) is 3.02. The molecule has 1 aromatic heterocycles. The van der Waals surface area contributed by atoms with Crippen LogP contribution < -0.4 is 5.59 Å². The topological polar surface area (TPSA) is 27.1 Å². The third kappa shape index (κ3) is 2.65. The molecule has 0 aliphatic heterocycles. The lowest BCUT2D eigenvalue weighted by molar-refractivity contribution is 0.506. The van der Waals surface area contributed by atoms with Crippen LogP contribution in [0, 0.1) is 0 Å². The standard InChI is InChI=1S/C9H14BN2O/c1-4-7-13-10-9-5-6-11-12(9)8(2)3/h4-8H,1-3H3. The third-order valence-electron chi connectivity index (χ3n) is 1.59. The minimum atomic E-state index is 0.357. The fourth-order valence-electron chi connectivity index (χ4n) is 1.04. The first-order valence-electron chi connectivity index (χ1n) is 4.39. The summed E-state index contributed by atoms with van der Waals surface area (Å²) in [6.45, 7) is 6.08. The van der Waals surface area contributed by atoms with Crippen molar-refractivity contribution in [3.63, 3.8) is 0 Å². The Kier molecular flexibility index (Phi) is 3.61. The fraction of sp³-hybridized carbons (Fsp3) is 0.444. The first-order valence-corrected chi connectivity index (χ1v) is 4.39. The van der Waals surface area contributed by atoms with Crippen molar-refractivity contribution in [3.8, 4) is 0 Å². The van der Waals surface area contributed by atoms with Crippen molar-refractivity contribution < 1.29 is 4.65 Å². The summed E-state index contributed by atoms with van der Waals surface area (Å²) < 4.78 is 7.06. The van der Waals surface area contributed by atoms with Gasteiger partial charge in [-0.25, -0.2) is 0 Å². The lowest BCUT2D eigenvalue weighted by Crippen LogP contribution is -2.27. The van der Waals surface area contributed by atoms with E-state index in [0.717, 1.165) is 5.59 Å². The maximum absolute atomic E-state index is 5.15. The molecule has 0 saturated heterocycles. The Morgan fingerprint density at radius 1 is 1.62 bits per heavy atom. The van der Waals surface area contributed by atoms with Gasteiger partial charge in [-0.15, -0.1) is 0 Å². The summed E-state index contributed by atoms with van der Waals surface area (Å²) >= 11 is 0. The van der Waals surface area contributed by atoms with E-state index in [9.17, 15) is 0 Å². The summed E-state index contributed by atoms with van der Waals surface area (Å²) in [5, 5.41) is 4.18. The maximum atomic E-state index is 5.15. The quantitative estimate of drug-likeness (QED) is 0.511. The maximum Gasteiger partial charge on any atom is 0.428 e. The zero-order chi connectivity index (χ0) is 9.68. The molecule has 69 valence electrons. The van der Waals surface area contributed by atoms with Gasteiger partial charge in [0.25, 0.3) is 0 Å². The van der Waals surface area contributed by atoms with Crippen molar-refractivity contribution in [1.82, 2.24) is 9.78 Å². The van der Waals surface area contributed by atoms with Crippen molar-refractivity contribution in [2.24, 2.45) is 0 Å². The van der Waals surface area contributed by atoms with Crippen LogP contribution in [0.2, 0.25) is 0 Å². The molecule has 1 aromatic rings. The van der Waals surface area contributed by atoms with Crippen molar-refractivity contribution in [2.45, 2.75) is 26.8 Å². The normalized spacial score (nSPS) is 11.1. The summed E-state index contributed by atoms with van der Waals surface area (Å²) in [4.78, 5) is 0. The van der Waals surface area contributed by atoms with Gasteiger partial charge in [-0.3, -0.25) is 4.68 Å². The average molecular weight is 177 g/mol. The Bertz CT molecular complexity index is 281. The van der Waals surface area contributed by atoms with Crippen LogP contribution in [0.4, 0.5) is 0 Å². The van der Waals surface area contributed by atoms with Crippen LogP contribution in [0.15, 0.2) is 24.6 Å². The van der Waals surface area contributed by atoms with E-state index in [1.165, 1.54) is 0 Å². The van der Waals surface area contributed by atoms with Crippen LogP contribution >= 0.6 is 0 Å². The molecule has 0 spiro atoms. The van der Waals surface area contributed by atoms with Gasteiger partial charge in [0.1, 0.15) is 0 Å². The van der Waals surface area contributed by atoms with Gasteiger partial charge >= 0.3 is 7.48 Å². The van der Waals surface area contributed by atoms with Gasteiger partial charge in [0.15, 0.2) is 0 Å². The lowest BCUT2D eigenvalue weighted by Gasteiger charge is -2.08. The fourth-order valence-corrected chi connectivity index (χ4v) is 1.04. The lowest BCUT2D eigenvalue weighted by atomic mass is 9.95. The number of aromatic nitrogens is 2. The highest BCUT2D eigenvalue weighted by molar-refractivity contribution is 6.46. The molecule has 0 unspecified atom stereocenters. The summed E-state index contributed by atoms with van der Waals surface area (Å²) in [6.07, 6.45) is 5.25. The molecule has 0 fully saturated rings. The molecule has 0 bridgehead atoms. The molecule has 0 atom stereocenters. The van der Waals surface area contributed by atoms with Crippen LogP contribution in [0.3, 0.4) is 0 Å². The summed E-state index contributed by atoms with van der Waals surface area (Å²) in [5.74, 6) is 0. The molecule has 3 nitrogen and oxygen atoms in total. The Labute approximate surface area is 79.7 Å². The van der Waals surface area contributed by atoms with E-state index in [-0.39, 0.29) is 0 Å². The predicted molar refractivity (Wildman–Crippen MR) is 53.9 cm³/mol. The molecular weight excluding hydrogens is 163 g/mol. The number of rotatable bonds is 4. The van der Waals surface area contributed by atoms with Crippen LogP contribution in [0.5, 0.6) is 0 Å². The number of allylic oxidation sites excluding steroid dienone is 1. The average Bonchev–Trinajstić information content (AvgIpc) is 2.53. The predicted octanol–water partition coefficient (Wildman–Crippen LogP) is 1.26. The molecule has 1 heterocycles. The Balaban J connectivity index is 2.60. The van der Waals surface area contributed by atoms with E-state index >= 15 is 0 Å². The zero-order valence-corrected chi connectivity index (χ0v) is 8.27. The van der Waals surface area contributed by atoms with Gasteiger partial charge < -0.3 is 4.65 Å². The number of nitrogens with zero attached hydrogens (tertiary/aromatic N) is 2. The summed E-state index contributed by atoms with van der Waals surface area (Å²) in [6, 6.07) is 2.28. The first-order chi connectivity index (χ1) is 6.25. The first kappa shape index (κ1) is 9.90. The van der Waals surface area contributed by atoms with Gasteiger partial charge in [-0.1, -0.05) is 6.08 Å². The molecular formula is C9H14BN2O. The van der Waals surface area contributed by atoms with Crippen molar-refractivity contribution in [3.05, 3.63) is 24.6 Å². The van der Waals surface area contributed by atoms with Gasteiger partial charge in [0.2, 0.25) is 0 Å². The smallest absolute Gasteiger partial charge is 0.428 e. The van der Waals surface area contributed by atoms with Crippen molar-refractivity contribution >= 4 is 13.1 Å². The molecule has 0 aliphatic carbocycles. The highest BCUT2D eigenvalue weighted by Gasteiger charge is 2.07. The van der Waals surface area contributed by atoms with E-state index in [0.29, 0.717) is 6.04 Å². The Morgan fingerprint density at radius 3 is 3.00 bits per heavy atom. The van der Waals surface area contributed by atoms with E-state index in [2.05, 4.69) is 18.9 Å². The molecule has 13 heavy (non-hydrogen) atoms. The Hall–Kier alpha value is -1.19. The molecule has 0 aliphatic rings. The second kappa shape index (κ2) is 4.75. The Morgan fingerprint density at radius 2 is 2.38 bits per heavy atom. The van der Waals surface area contributed by atoms with Gasteiger partial charge in [0, 0.05) is 17.8 Å². The number of hydrogen-bond acceptors (Lipinski definition) is 2. The minimum absolute atomic E-state index is 0.357. The number of hydrogen-bond donors (Lipinski definition) is 0. The van der Waals surface area contributed by atoms with E-state index < -0.39 is 0 Å². The van der Waals surface area contributed by atoms with Gasteiger partial charge in [-0.05, 0) is 26.8 Å². The molecule has 0 N–H and O–H groups in total. The summed E-state index contributed by atoms with van der Waals surface area (Å²) in [7, 11) is 1.69. The molecule has 0 saturated carbocycles. The van der Waals surface area contributed by atoms with E-state index in [4.69, 9.17) is 4.65 Å².